The molecule has 1 aliphatic heterocycles. The second-order valence-corrected chi connectivity index (χ2v) is 2.49. The van der Waals surface area contributed by atoms with Gasteiger partial charge in [-0.2, -0.15) is 6.42 Å². The Labute approximate surface area is 116 Å². The molecule has 11 heavy (non-hydrogen) atoms. The van der Waals surface area contributed by atoms with Gasteiger partial charge in [0.25, 0.3) is 0 Å². The van der Waals surface area contributed by atoms with Gasteiger partial charge in [-0.05, 0) is 19.1 Å². The van der Waals surface area contributed by atoms with Crippen LogP contribution < -0.4 is 58.2 Å². The molecule has 0 aromatic rings. The molecule has 1 unspecified atom stereocenters. The van der Waals surface area contributed by atoms with Crippen molar-refractivity contribution >= 4 is 0 Å². The molecule has 5 heteroatoms. The minimum absolute atomic E-state index is 0. The molecule has 1 saturated heterocycles. The van der Waals surface area contributed by atoms with Crippen molar-refractivity contribution in [3.05, 3.63) is 16.9 Å². The summed E-state index contributed by atoms with van der Waals surface area (Å²) in [5.74, 6) is 0. The van der Waals surface area contributed by atoms with Crippen molar-refractivity contribution in [2.45, 2.75) is 12.5 Å². The Balaban J connectivity index is 0.000001000. The van der Waals surface area contributed by atoms with Gasteiger partial charge in [-0.3, -0.25) is 0 Å². The van der Waals surface area contributed by atoms with Crippen molar-refractivity contribution in [2.75, 3.05) is 20.1 Å². The fourth-order valence-corrected chi connectivity index (χ4v) is 1.15. The van der Waals surface area contributed by atoms with Crippen molar-refractivity contribution in [1.29, 1.82) is 0 Å². The van der Waals surface area contributed by atoms with Gasteiger partial charge in [0.1, 0.15) is 0 Å². The van der Waals surface area contributed by atoms with Gasteiger partial charge in [0.2, 0.25) is 0 Å². The first-order valence-electron chi connectivity index (χ1n) is 3.39. The van der Waals surface area contributed by atoms with Crippen LogP contribution in [0.15, 0.2) is 5.11 Å². The van der Waals surface area contributed by atoms with E-state index in [1.807, 2.05) is 7.05 Å². The largest absolute Gasteiger partial charge is 1.00 e. The van der Waals surface area contributed by atoms with E-state index in [0.29, 0.717) is 12.6 Å². The third-order valence-corrected chi connectivity index (χ3v) is 1.82. The fourth-order valence-electron chi connectivity index (χ4n) is 1.15. The quantitative estimate of drug-likeness (QED) is 0.237. The Morgan fingerprint density at radius 1 is 1.82 bits per heavy atom. The van der Waals surface area contributed by atoms with E-state index in [-0.39, 0.29) is 58.2 Å². The Morgan fingerprint density at radius 2 is 2.55 bits per heavy atom. The summed E-state index contributed by atoms with van der Waals surface area (Å²) < 4.78 is 0. The van der Waals surface area contributed by atoms with Crippen molar-refractivity contribution < 1.29 is 58.2 Å². The van der Waals surface area contributed by atoms with Crippen molar-refractivity contribution in [2.24, 2.45) is 5.11 Å². The molecule has 0 aliphatic carbocycles. The van der Waals surface area contributed by atoms with E-state index in [4.69, 9.17) is 5.53 Å². The van der Waals surface area contributed by atoms with Gasteiger partial charge < -0.3 is 11.3 Å². The van der Waals surface area contributed by atoms with Crippen LogP contribution in [0.4, 0.5) is 0 Å². The first-order chi connectivity index (χ1) is 4.84. The molecule has 4 nitrogen and oxygen atoms in total. The Bertz CT molecular complexity index is 155. The molecule has 1 aliphatic rings. The molecular formula is C6H11N4Rb. The van der Waals surface area contributed by atoms with E-state index < -0.39 is 0 Å². The second kappa shape index (κ2) is 6.58. The van der Waals surface area contributed by atoms with Gasteiger partial charge in [-0.1, -0.05) is 5.11 Å². The minimum atomic E-state index is 0. The smallest absolute Gasteiger partial charge is 0.335 e. The first kappa shape index (κ1) is 12.1. The average Bonchev–Trinajstić information content (AvgIpc) is 2.31. The number of rotatable bonds is 2. The third kappa shape index (κ3) is 4.01. The van der Waals surface area contributed by atoms with Crippen LogP contribution in [0, 0.1) is 6.42 Å². The fraction of sp³-hybridized carbons (Fsp3) is 0.833. The van der Waals surface area contributed by atoms with E-state index in [0.717, 1.165) is 13.0 Å². The third-order valence-electron chi connectivity index (χ3n) is 1.82. The molecule has 0 bridgehead atoms. The molecule has 0 aromatic carbocycles. The summed E-state index contributed by atoms with van der Waals surface area (Å²) in [6.07, 6.45) is 3.30. The Morgan fingerprint density at radius 3 is 3.00 bits per heavy atom. The van der Waals surface area contributed by atoms with Gasteiger partial charge in [0.15, 0.2) is 0 Å². The molecule has 56 valence electrons. The van der Waals surface area contributed by atoms with E-state index in [1.165, 1.54) is 0 Å². The van der Waals surface area contributed by atoms with E-state index in [1.54, 1.807) is 0 Å². The zero-order chi connectivity index (χ0) is 7.40. The number of hydrogen-bond donors (Lipinski definition) is 0. The molecule has 0 N–H and O–H groups in total. The van der Waals surface area contributed by atoms with Gasteiger partial charge in [0, 0.05) is 11.5 Å². The average molecular weight is 225 g/mol. The topological polar surface area (TPSA) is 52.0 Å². The molecule has 0 amide bonds. The molecule has 0 radical (unpaired) electrons. The standard InChI is InChI=1S/C6H11N4.Rb/c1-10-4-2-3-6(10)5-8-9-7;/h3,6H,2,4-5H2,1H3;/q-1;+1. The van der Waals surface area contributed by atoms with Crippen LogP contribution in [-0.2, 0) is 0 Å². The second-order valence-electron chi connectivity index (χ2n) is 2.49. The van der Waals surface area contributed by atoms with Crippen LogP contribution in [0.1, 0.15) is 6.42 Å². The molecule has 0 spiro atoms. The zero-order valence-corrected chi connectivity index (χ0v) is 12.0. The van der Waals surface area contributed by atoms with Gasteiger partial charge >= 0.3 is 58.2 Å². The predicted molar refractivity (Wildman–Crippen MR) is 39.3 cm³/mol. The molecule has 1 rings (SSSR count). The number of likely N-dealkylation sites (N-methyl/N-ethyl adjacent to an activating group) is 1. The molecular weight excluding hydrogens is 214 g/mol. The van der Waals surface area contributed by atoms with Crippen LogP contribution in [0.3, 0.4) is 0 Å². The van der Waals surface area contributed by atoms with Gasteiger partial charge in [-0.15, -0.1) is 6.04 Å². The Hall–Kier alpha value is 1.08. The molecule has 0 saturated carbocycles. The van der Waals surface area contributed by atoms with Crippen LogP contribution in [0.25, 0.3) is 10.4 Å². The predicted octanol–water partition coefficient (Wildman–Crippen LogP) is -1.79. The zero-order valence-electron chi connectivity index (χ0n) is 7.06. The summed E-state index contributed by atoms with van der Waals surface area (Å²) in [5.41, 5.74) is 8.04. The molecule has 1 heterocycles. The SMILES string of the molecule is CN1CC[CH-]C1CN=[N+]=[N-].[Rb+]. The first-order valence-corrected chi connectivity index (χ1v) is 3.39. The van der Waals surface area contributed by atoms with Crippen LogP contribution in [-0.4, -0.2) is 31.1 Å². The van der Waals surface area contributed by atoms with E-state index in [9.17, 15) is 0 Å². The minimum Gasteiger partial charge on any atom is -0.335 e. The number of nitrogens with zero attached hydrogens (tertiary/aromatic N) is 4. The maximum atomic E-state index is 8.04. The maximum Gasteiger partial charge on any atom is 1.00 e. The van der Waals surface area contributed by atoms with Gasteiger partial charge in [0.05, 0.1) is 0 Å². The number of hydrogen-bond acceptors (Lipinski definition) is 2. The van der Waals surface area contributed by atoms with Crippen molar-refractivity contribution in [1.82, 2.24) is 4.90 Å². The summed E-state index contributed by atoms with van der Waals surface area (Å²) in [4.78, 5) is 4.90. The monoisotopic (exact) mass is 224 g/mol. The van der Waals surface area contributed by atoms with Crippen molar-refractivity contribution in [3.63, 3.8) is 0 Å². The normalized spacial score (nSPS) is 23.9. The van der Waals surface area contributed by atoms with Crippen LogP contribution in [0.2, 0.25) is 0 Å². The van der Waals surface area contributed by atoms with Crippen molar-refractivity contribution in [3.8, 4) is 0 Å². The van der Waals surface area contributed by atoms with E-state index in [2.05, 4.69) is 21.3 Å². The summed E-state index contributed by atoms with van der Waals surface area (Å²) in [6.45, 7) is 1.67. The number of likely N-dealkylation sites (tertiary alicyclic amines) is 1. The summed E-state index contributed by atoms with van der Waals surface area (Å²) in [6, 6.07) is 0.371. The number of azide groups is 1. The summed E-state index contributed by atoms with van der Waals surface area (Å²) in [7, 11) is 2.04. The molecule has 1 atom stereocenters. The molecule has 1 fully saturated rings. The van der Waals surface area contributed by atoms with Crippen LogP contribution >= 0.6 is 0 Å². The Kier molecular flexibility index (Phi) is 7.22. The maximum absolute atomic E-state index is 8.04. The summed E-state index contributed by atoms with van der Waals surface area (Å²) in [5, 5.41) is 3.51. The van der Waals surface area contributed by atoms with Crippen LogP contribution in [0.5, 0.6) is 0 Å². The van der Waals surface area contributed by atoms with E-state index >= 15 is 0 Å². The van der Waals surface area contributed by atoms with Gasteiger partial charge in [-0.25, -0.2) is 0 Å². The summed E-state index contributed by atoms with van der Waals surface area (Å²) >= 11 is 0. The molecule has 0 aromatic heterocycles.